The van der Waals surface area contributed by atoms with Gasteiger partial charge in [0.15, 0.2) is 0 Å². The topological polar surface area (TPSA) is 33.0 Å². The number of hydrogen-bond acceptors (Lipinski definition) is 2. The normalized spacial score (nSPS) is 31.8. The van der Waals surface area contributed by atoms with Crippen LogP contribution in [0.3, 0.4) is 0 Å². The van der Waals surface area contributed by atoms with Gasteiger partial charge in [0.1, 0.15) is 0 Å². The fourth-order valence-corrected chi connectivity index (χ4v) is 2.75. The van der Waals surface area contributed by atoms with Gasteiger partial charge in [-0.2, -0.15) is 5.26 Å². The van der Waals surface area contributed by atoms with Crippen LogP contribution in [0, 0.1) is 29.1 Å². The molecule has 0 spiro atoms. The molecule has 2 atom stereocenters. The van der Waals surface area contributed by atoms with Gasteiger partial charge >= 0.3 is 0 Å². The molecule has 0 amide bonds. The summed E-state index contributed by atoms with van der Waals surface area (Å²) in [6, 6.07) is 2.51. The zero-order valence-corrected chi connectivity index (χ0v) is 8.04. The monoisotopic (exact) mass is 179 g/mol. The Morgan fingerprint density at radius 1 is 1.15 bits per heavy atom. The standard InChI is InChI=1S/C11H17NO/c12-7-11(9-3-1-2-4-9)10-5-6-13-8-10/h9-11H,1-6,8H2. The lowest BCUT2D eigenvalue weighted by Gasteiger charge is -2.21. The lowest BCUT2D eigenvalue weighted by molar-refractivity contribution is 0.168. The summed E-state index contributed by atoms with van der Waals surface area (Å²) in [6.07, 6.45) is 6.31. The van der Waals surface area contributed by atoms with E-state index in [0.29, 0.717) is 11.8 Å². The van der Waals surface area contributed by atoms with Crippen molar-refractivity contribution in [2.24, 2.45) is 17.8 Å². The van der Waals surface area contributed by atoms with Crippen LogP contribution in [0.4, 0.5) is 0 Å². The molecule has 0 bridgehead atoms. The van der Waals surface area contributed by atoms with Crippen LogP contribution in [-0.4, -0.2) is 13.2 Å². The van der Waals surface area contributed by atoms with Crippen molar-refractivity contribution in [1.29, 1.82) is 5.26 Å². The highest BCUT2D eigenvalue weighted by Gasteiger charge is 2.33. The second-order valence-electron chi connectivity index (χ2n) is 4.32. The summed E-state index contributed by atoms with van der Waals surface area (Å²) in [5, 5.41) is 9.14. The van der Waals surface area contributed by atoms with Crippen molar-refractivity contribution < 1.29 is 4.74 Å². The molecular weight excluding hydrogens is 162 g/mol. The molecule has 1 saturated carbocycles. The molecule has 1 heterocycles. The predicted molar refractivity (Wildman–Crippen MR) is 50.0 cm³/mol. The zero-order chi connectivity index (χ0) is 9.10. The maximum Gasteiger partial charge on any atom is 0.0662 e. The van der Waals surface area contributed by atoms with Crippen LogP contribution < -0.4 is 0 Å². The molecule has 2 fully saturated rings. The fourth-order valence-electron chi connectivity index (χ4n) is 2.75. The summed E-state index contributed by atoms with van der Waals surface area (Å²) < 4.78 is 5.35. The van der Waals surface area contributed by atoms with E-state index in [2.05, 4.69) is 6.07 Å². The van der Waals surface area contributed by atoms with Crippen molar-refractivity contribution >= 4 is 0 Å². The largest absolute Gasteiger partial charge is 0.381 e. The van der Waals surface area contributed by atoms with Crippen LogP contribution >= 0.6 is 0 Å². The van der Waals surface area contributed by atoms with E-state index >= 15 is 0 Å². The highest BCUT2D eigenvalue weighted by Crippen LogP contribution is 2.37. The van der Waals surface area contributed by atoms with Crippen LogP contribution in [0.2, 0.25) is 0 Å². The van der Waals surface area contributed by atoms with Crippen molar-refractivity contribution in [1.82, 2.24) is 0 Å². The minimum Gasteiger partial charge on any atom is -0.381 e. The lowest BCUT2D eigenvalue weighted by atomic mass is 9.81. The minimum atomic E-state index is 0.282. The van der Waals surface area contributed by atoms with Crippen LogP contribution in [-0.2, 0) is 4.74 Å². The maximum absolute atomic E-state index is 9.14. The van der Waals surface area contributed by atoms with Crippen LogP contribution in [0.1, 0.15) is 32.1 Å². The number of rotatable bonds is 2. The molecule has 2 aliphatic rings. The highest BCUT2D eigenvalue weighted by atomic mass is 16.5. The quantitative estimate of drug-likeness (QED) is 0.652. The Balaban J connectivity index is 1.95. The van der Waals surface area contributed by atoms with Gasteiger partial charge in [0.2, 0.25) is 0 Å². The Hall–Kier alpha value is -0.550. The van der Waals surface area contributed by atoms with Gasteiger partial charge in [0.05, 0.1) is 18.6 Å². The van der Waals surface area contributed by atoms with Gasteiger partial charge in [0, 0.05) is 12.5 Å². The van der Waals surface area contributed by atoms with E-state index in [4.69, 9.17) is 10.00 Å². The smallest absolute Gasteiger partial charge is 0.0662 e. The Labute approximate surface area is 79.9 Å². The van der Waals surface area contributed by atoms with Gasteiger partial charge in [-0.15, -0.1) is 0 Å². The first-order valence-electron chi connectivity index (χ1n) is 5.39. The summed E-state index contributed by atoms with van der Waals surface area (Å²) in [4.78, 5) is 0. The van der Waals surface area contributed by atoms with E-state index in [1.165, 1.54) is 25.7 Å². The highest BCUT2D eigenvalue weighted by molar-refractivity contribution is 4.95. The molecule has 72 valence electrons. The molecule has 0 aromatic carbocycles. The van der Waals surface area contributed by atoms with Gasteiger partial charge in [-0.1, -0.05) is 12.8 Å². The molecule has 2 rings (SSSR count). The summed E-state index contributed by atoms with van der Waals surface area (Å²) >= 11 is 0. The molecule has 1 aliphatic carbocycles. The second kappa shape index (κ2) is 4.11. The first-order chi connectivity index (χ1) is 6.42. The average Bonchev–Trinajstić information content (AvgIpc) is 2.76. The third kappa shape index (κ3) is 1.86. The molecule has 1 aliphatic heterocycles. The Morgan fingerprint density at radius 3 is 2.46 bits per heavy atom. The summed E-state index contributed by atoms with van der Waals surface area (Å²) in [5.41, 5.74) is 0. The van der Waals surface area contributed by atoms with Crippen LogP contribution in [0.15, 0.2) is 0 Å². The van der Waals surface area contributed by atoms with E-state index in [-0.39, 0.29) is 5.92 Å². The number of nitrogens with zero attached hydrogens (tertiary/aromatic N) is 1. The van der Waals surface area contributed by atoms with Gasteiger partial charge in [-0.05, 0) is 25.2 Å². The van der Waals surface area contributed by atoms with E-state index < -0.39 is 0 Å². The molecule has 13 heavy (non-hydrogen) atoms. The Bertz CT molecular complexity index is 181. The zero-order valence-electron chi connectivity index (χ0n) is 8.04. The van der Waals surface area contributed by atoms with Crippen molar-refractivity contribution in [3.8, 4) is 6.07 Å². The molecule has 2 nitrogen and oxygen atoms in total. The van der Waals surface area contributed by atoms with Gasteiger partial charge < -0.3 is 4.74 Å². The van der Waals surface area contributed by atoms with Crippen molar-refractivity contribution in [2.75, 3.05) is 13.2 Å². The third-order valence-corrected chi connectivity index (χ3v) is 3.53. The first-order valence-corrected chi connectivity index (χ1v) is 5.39. The molecule has 0 N–H and O–H groups in total. The van der Waals surface area contributed by atoms with Crippen LogP contribution in [0.5, 0.6) is 0 Å². The summed E-state index contributed by atoms with van der Waals surface area (Å²) in [6.45, 7) is 1.70. The number of nitriles is 1. The number of ether oxygens (including phenoxy) is 1. The first kappa shape index (κ1) is 9.02. The molecule has 1 saturated heterocycles. The molecule has 0 aromatic heterocycles. The van der Waals surface area contributed by atoms with E-state index in [9.17, 15) is 0 Å². The third-order valence-electron chi connectivity index (χ3n) is 3.53. The molecule has 2 heteroatoms. The molecule has 0 aromatic rings. The van der Waals surface area contributed by atoms with Crippen molar-refractivity contribution in [3.63, 3.8) is 0 Å². The van der Waals surface area contributed by atoms with E-state index in [1.807, 2.05) is 0 Å². The van der Waals surface area contributed by atoms with E-state index in [0.717, 1.165) is 19.6 Å². The van der Waals surface area contributed by atoms with Crippen molar-refractivity contribution in [3.05, 3.63) is 0 Å². The SMILES string of the molecule is N#CC(C1CCCC1)C1CCOC1. The Morgan fingerprint density at radius 2 is 1.92 bits per heavy atom. The number of hydrogen-bond donors (Lipinski definition) is 0. The predicted octanol–water partition coefficient (Wildman–Crippen LogP) is 2.35. The lowest BCUT2D eigenvalue weighted by Crippen LogP contribution is -2.20. The minimum absolute atomic E-state index is 0.282. The van der Waals surface area contributed by atoms with Gasteiger partial charge in [0.25, 0.3) is 0 Å². The Kier molecular flexibility index (Phi) is 2.85. The summed E-state index contributed by atoms with van der Waals surface area (Å²) in [7, 11) is 0. The van der Waals surface area contributed by atoms with E-state index in [1.54, 1.807) is 0 Å². The summed E-state index contributed by atoms with van der Waals surface area (Å²) in [5.74, 6) is 1.50. The van der Waals surface area contributed by atoms with Gasteiger partial charge in [-0.25, -0.2) is 0 Å². The molecular formula is C11H17NO. The molecule has 2 unspecified atom stereocenters. The van der Waals surface area contributed by atoms with Crippen molar-refractivity contribution in [2.45, 2.75) is 32.1 Å². The van der Waals surface area contributed by atoms with Gasteiger partial charge in [-0.3, -0.25) is 0 Å². The molecule has 0 radical (unpaired) electrons. The second-order valence-corrected chi connectivity index (χ2v) is 4.32. The fraction of sp³-hybridized carbons (Fsp3) is 0.909. The van der Waals surface area contributed by atoms with Crippen LogP contribution in [0.25, 0.3) is 0 Å². The maximum atomic E-state index is 9.14. The average molecular weight is 179 g/mol.